The van der Waals surface area contributed by atoms with Gasteiger partial charge in [0.15, 0.2) is 9.84 Å². The Morgan fingerprint density at radius 3 is 1.95 bits per heavy atom. The zero-order chi connectivity index (χ0) is 15.1. The lowest BCUT2D eigenvalue weighted by Gasteiger charge is -2.47. The Hall–Kier alpha value is -0.130. The van der Waals surface area contributed by atoms with Gasteiger partial charge in [0.1, 0.15) is 0 Å². The Labute approximate surface area is 118 Å². The largest absolute Gasteiger partial charge is 0.314 e. The van der Waals surface area contributed by atoms with Crippen molar-refractivity contribution in [2.24, 2.45) is 5.41 Å². The number of rotatable bonds is 1. The SMILES string of the molecule is CC(C)(C)C1CNCC(S(C)(=O)=O)CN1C(C)(C)C. The van der Waals surface area contributed by atoms with Crippen molar-refractivity contribution in [2.45, 2.75) is 58.4 Å². The summed E-state index contributed by atoms with van der Waals surface area (Å²) >= 11 is 0. The first-order chi connectivity index (χ1) is 8.33. The van der Waals surface area contributed by atoms with Crippen LogP contribution in [0.25, 0.3) is 0 Å². The first-order valence-electron chi connectivity index (χ1n) is 7.00. The van der Waals surface area contributed by atoms with Crippen molar-refractivity contribution < 1.29 is 8.42 Å². The lowest BCUT2D eigenvalue weighted by atomic mass is 9.83. The Morgan fingerprint density at radius 2 is 1.58 bits per heavy atom. The molecule has 0 aromatic carbocycles. The monoisotopic (exact) mass is 290 g/mol. The van der Waals surface area contributed by atoms with Crippen molar-refractivity contribution in [3.05, 3.63) is 0 Å². The van der Waals surface area contributed by atoms with Crippen LogP contribution in [-0.4, -0.2) is 56.0 Å². The highest BCUT2D eigenvalue weighted by atomic mass is 32.2. The summed E-state index contributed by atoms with van der Waals surface area (Å²) in [5.74, 6) is 0. The van der Waals surface area contributed by atoms with E-state index in [9.17, 15) is 8.42 Å². The van der Waals surface area contributed by atoms with E-state index in [0.29, 0.717) is 19.1 Å². The van der Waals surface area contributed by atoms with Crippen LogP contribution < -0.4 is 5.32 Å². The molecule has 4 nitrogen and oxygen atoms in total. The second-order valence-corrected chi connectivity index (χ2v) is 10.1. The first-order valence-corrected chi connectivity index (χ1v) is 8.95. The van der Waals surface area contributed by atoms with Crippen LogP contribution in [-0.2, 0) is 9.84 Å². The maximum absolute atomic E-state index is 11.9. The molecule has 0 bridgehead atoms. The number of hydrogen-bond acceptors (Lipinski definition) is 4. The van der Waals surface area contributed by atoms with Crippen LogP contribution in [0, 0.1) is 5.41 Å². The van der Waals surface area contributed by atoms with E-state index in [1.165, 1.54) is 6.26 Å². The van der Waals surface area contributed by atoms with Crippen LogP contribution in [0.3, 0.4) is 0 Å². The predicted octanol–water partition coefficient (Wildman–Crippen LogP) is 1.52. The topological polar surface area (TPSA) is 49.4 Å². The summed E-state index contributed by atoms with van der Waals surface area (Å²) in [6, 6.07) is 0.333. The third kappa shape index (κ3) is 4.43. The van der Waals surface area contributed by atoms with Crippen molar-refractivity contribution in [1.29, 1.82) is 0 Å². The zero-order valence-electron chi connectivity index (χ0n) is 13.4. The predicted molar refractivity (Wildman–Crippen MR) is 81.2 cm³/mol. The molecule has 1 N–H and O–H groups in total. The molecule has 0 aliphatic carbocycles. The van der Waals surface area contributed by atoms with Gasteiger partial charge in [-0.25, -0.2) is 8.42 Å². The van der Waals surface area contributed by atoms with Crippen LogP contribution in [0.5, 0.6) is 0 Å². The zero-order valence-corrected chi connectivity index (χ0v) is 14.3. The fourth-order valence-electron chi connectivity index (χ4n) is 2.70. The summed E-state index contributed by atoms with van der Waals surface area (Å²) in [6.45, 7) is 15.2. The summed E-state index contributed by atoms with van der Waals surface area (Å²) in [5.41, 5.74) is 0.0829. The molecular weight excluding hydrogens is 260 g/mol. The highest BCUT2D eigenvalue weighted by Crippen LogP contribution is 2.31. The Kier molecular flexibility index (Phi) is 4.75. The summed E-state index contributed by atoms with van der Waals surface area (Å²) < 4.78 is 23.8. The molecule has 1 saturated heterocycles. The van der Waals surface area contributed by atoms with E-state index in [1.807, 2.05) is 0 Å². The van der Waals surface area contributed by atoms with Crippen molar-refractivity contribution >= 4 is 9.84 Å². The van der Waals surface area contributed by atoms with Crippen LogP contribution in [0.2, 0.25) is 0 Å². The minimum absolute atomic E-state index is 0.0348. The van der Waals surface area contributed by atoms with Crippen LogP contribution in [0.1, 0.15) is 41.5 Å². The average Bonchev–Trinajstić information content (AvgIpc) is 2.35. The van der Waals surface area contributed by atoms with Gasteiger partial charge in [-0.15, -0.1) is 0 Å². The molecule has 19 heavy (non-hydrogen) atoms. The van der Waals surface area contributed by atoms with Crippen molar-refractivity contribution in [3.8, 4) is 0 Å². The summed E-state index contributed by atoms with van der Waals surface area (Å²) in [6.07, 6.45) is 1.34. The fourth-order valence-corrected chi connectivity index (χ4v) is 3.56. The molecule has 2 atom stereocenters. The quantitative estimate of drug-likeness (QED) is 0.795. The van der Waals surface area contributed by atoms with Crippen LogP contribution in [0.15, 0.2) is 0 Å². The molecule has 0 saturated carbocycles. The van der Waals surface area contributed by atoms with Gasteiger partial charge in [0.05, 0.1) is 5.25 Å². The second kappa shape index (κ2) is 5.34. The average molecular weight is 290 g/mol. The fraction of sp³-hybridized carbons (Fsp3) is 1.00. The summed E-state index contributed by atoms with van der Waals surface area (Å²) in [5, 5.41) is 3.02. The molecule has 1 rings (SSSR count). The Morgan fingerprint density at radius 1 is 1.05 bits per heavy atom. The van der Waals surface area contributed by atoms with Gasteiger partial charge < -0.3 is 5.32 Å². The van der Waals surface area contributed by atoms with Gasteiger partial charge >= 0.3 is 0 Å². The Balaban J connectivity index is 3.11. The highest BCUT2D eigenvalue weighted by Gasteiger charge is 2.40. The highest BCUT2D eigenvalue weighted by molar-refractivity contribution is 7.91. The third-order valence-corrected chi connectivity index (χ3v) is 5.48. The van der Waals surface area contributed by atoms with Crippen molar-refractivity contribution in [2.75, 3.05) is 25.9 Å². The third-order valence-electron chi connectivity index (χ3n) is 3.95. The van der Waals surface area contributed by atoms with Gasteiger partial charge in [0, 0.05) is 37.5 Å². The molecule has 0 amide bonds. The van der Waals surface area contributed by atoms with Gasteiger partial charge in [-0.3, -0.25) is 4.90 Å². The molecule has 1 heterocycles. The van der Waals surface area contributed by atoms with Gasteiger partial charge in [-0.2, -0.15) is 0 Å². The summed E-state index contributed by atoms with van der Waals surface area (Å²) in [7, 11) is -3.02. The van der Waals surface area contributed by atoms with Crippen LogP contribution in [0.4, 0.5) is 0 Å². The van der Waals surface area contributed by atoms with E-state index in [0.717, 1.165) is 6.54 Å². The van der Waals surface area contributed by atoms with E-state index in [-0.39, 0.29) is 16.2 Å². The molecule has 0 spiro atoms. The molecule has 0 radical (unpaired) electrons. The molecule has 0 aromatic heterocycles. The minimum Gasteiger partial charge on any atom is -0.314 e. The van der Waals surface area contributed by atoms with Crippen LogP contribution >= 0.6 is 0 Å². The number of hydrogen-bond donors (Lipinski definition) is 1. The molecule has 2 unspecified atom stereocenters. The van der Waals surface area contributed by atoms with Gasteiger partial charge in [0.2, 0.25) is 0 Å². The summed E-state index contributed by atoms with van der Waals surface area (Å²) in [4.78, 5) is 2.36. The number of nitrogens with zero attached hydrogens (tertiary/aromatic N) is 1. The van der Waals surface area contributed by atoms with Crippen molar-refractivity contribution in [1.82, 2.24) is 10.2 Å². The normalized spacial score (nSPS) is 28.2. The maximum Gasteiger partial charge on any atom is 0.152 e. The Bertz CT molecular complexity index is 404. The molecule has 0 aromatic rings. The maximum atomic E-state index is 11.9. The number of sulfone groups is 1. The smallest absolute Gasteiger partial charge is 0.152 e. The van der Waals surface area contributed by atoms with Gasteiger partial charge in [-0.05, 0) is 26.2 Å². The molecule has 5 heteroatoms. The lowest BCUT2D eigenvalue weighted by molar-refractivity contribution is 0.0318. The first kappa shape index (κ1) is 16.9. The van der Waals surface area contributed by atoms with Crippen molar-refractivity contribution in [3.63, 3.8) is 0 Å². The van der Waals surface area contributed by atoms with E-state index < -0.39 is 9.84 Å². The molecule has 114 valence electrons. The molecular formula is C14H30N2O2S. The van der Waals surface area contributed by atoms with Gasteiger partial charge in [0.25, 0.3) is 0 Å². The van der Waals surface area contributed by atoms with E-state index in [4.69, 9.17) is 0 Å². The van der Waals surface area contributed by atoms with Gasteiger partial charge in [-0.1, -0.05) is 20.8 Å². The van der Waals surface area contributed by atoms with E-state index in [2.05, 4.69) is 51.8 Å². The minimum atomic E-state index is -3.02. The molecule has 1 aliphatic rings. The lowest BCUT2D eigenvalue weighted by Crippen LogP contribution is -2.56. The standard InChI is InChI=1S/C14H30N2O2S/c1-13(2,3)12-9-15-8-11(19(7,17)18)10-16(12)14(4,5)6/h11-12,15H,8-10H2,1-7H3. The van der Waals surface area contributed by atoms with E-state index in [1.54, 1.807) is 0 Å². The number of nitrogens with one attached hydrogen (secondary N) is 1. The van der Waals surface area contributed by atoms with E-state index >= 15 is 0 Å². The molecule has 1 aliphatic heterocycles. The second-order valence-electron chi connectivity index (χ2n) is 7.81. The molecule has 1 fully saturated rings.